The Bertz CT molecular complexity index is 950. The first-order chi connectivity index (χ1) is 13.1. The maximum atomic E-state index is 12.1. The molecule has 0 saturated carbocycles. The van der Waals surface area contributed by atoms with Crippen molar-refractivity contribution in [1.29, 1.82) is 0 Å². The molecular weight excluding hydrogens is 512 g/mol. The molecule has 142 valence electrons. The molecule has 1 fully saturated rings. The molecule has 1 N–H and O–H groups in total. The molecule has 0 radical (unpaired) electrons. The minimum absolute atomic E-state index is 0.00460. The van der Waals surface area contributed by atoms with Crippen LogP contribution in [-0.4, -0.2) is 55.1 Å². The van der Waals surface area contributed by atoms with Gasteiger partial charge >= 0.3 is 0 Å². The number of carbonyl (C=O) groups is 1. The van der Waals surface area contributed by atoms with E-state index in [-0.39, 0.29) is 5.91 Å². The number of piperazine rings is 1. The highest BCUT2D eigenvalue weighted by molar-refractivity contribution is 9.11. The van der Waals surface area contributed by atoms with E-state index in [1.165, 1.54) is 16.0 Å². The number of nitrogens with one attached hydrogen (secondary N) is 1. The third-order valence-electron chi connectivity index (χ3n) is 4.49. The van der Waals surface area contributed by atoms with Crippen LogP contribution in [0.15, 0.2) is 38.6 Å². The summed E-state index contributed by atoms with van der Waals surface area (Å²) in [4.78, 5) is 22.4. The molecule has 1 aliphatic heterocycles. The van der Waals surface area contributed by atoms with Crippen LogP contribution in [0.4, 0.5) is 5.13 Å². The number of thiazole rings is 1. The third-order valence-corrected chi connectivity index (χ3v) is 7.69. The van der Waals surface area contributed by atoms with Crippen molar-refractivity contribution in [3.8, 4) is 0 Å². The molecule has 1 saturated heterocycles. The Balaban J connectivity index is 1.25. The van der Waals surface area contributed by atoms with Crippen LogP contribution in [0.25, 0.3) is 10.2 Å². The molecule has 1 aliphatic rings. The Morgan fingerprint density at radius 1 is 1.11 bits per heavy atom. The van der Waals surface area contributed by atoms with Crippen molar-refractivity contribution < 1.29 is 4.79 Å². The van der Waals surface area contributed by atoms with Gasteiger partial charge in [-0.2, -0.15) is 0 Å². The topological polar surface area (TPSA) is 48.5 Å². The summed E-state index contributed by atoms with van der Waals surface area (Å²) in [6.45, 7) is 5.45. The maximum Gasteiger partial charge on any atom is 0.261 e. The first-order valence-corrected chi connectivity index (χ1v) is 11.9. The number of anilines is 1. The first-order valence-electron chi connectivity index (χ1n) is 8.65. The fraction of sp³-hybridized carbons (Fsp3) is 0.333. The van der Waals surface area contributed by atoms with Crippen LogP contribution in [0.1, 0.15) is 9.67 Å². The predicted molar refractivity (Wildman–Crippen MR) is 120 cm³/mol. The minimum Gasteiger partial charge on any atom is -0.350 e. The normalized spacial score (nSPS) is 15.4. The van der Waals surface area contributed by atoms with Gasteiger partial charge in [0.15, 0.2) is 5.13 Å². The molecule has 3 aromatic rings. The molecule has 0 aliphatic carbocycles. The summed E-state index contributed by atoms with van der Waals surface area (Å²) >= 11 is 10.1. The number of rotatable bonds is 5. The van der Waals surface area contributed by atoms with Gasteiger partial charge in [-0.05, 0) is 46.3 Å². The number of hydrogen-bond acceptors (Lipinski definition) is 6. The van der Waals surface area contributed by atoms with Crippen molar-refractivity contribution in [1.82, 2.24) is 15.2 Å². The number of hydrogen-bond donors (Lipinski definition) is 1. The van der Waals surface area contributed by atoms with E-state index in [1.807, 2.05) is 18.2 Å². The number of amides is 1. The molecule has 1 amide bonds. The molecular formula is C18H18Br2N4OS2. The van der Waals surface area contributed by atoms with Crippen LogP contribution in [-0.2, 0) is 0 Å². The summed E-state index contributed by atoms with van der Waals surface area (Å²) in [5.41, 5.74) is 1.06. The largest absolute Gasteiger partial charge is 0.350 e. The Labute approximate surface area is 182 Å². The highest BCUT2D eigenvalue weighted by Gasteiger charge is 2.20. The van der Waals surface area contributed by atoms with Gasteiger partial charge in [0.1, 0.15) is 0 Å². The zero-order valence-electron chi connectivity index (χ0n) is 14.5. The SMILES string of the molecule is O=C(NCCN1CCN(c2nc3ccc(Br)cc3s2)CC1)c1ccc(Br)s1. The molecule has 2 aromatic heterocycles. The molecule has 4 rings (SSSR count). The predicted octanol–water partition coefficient (Wildman–Crippen LogP) is 4.43. The number of nitrogens with zero attached hydrogens (tertiary/aromatic N) is 3. The lowest BCUT2D eigenvalue weighted by molar-refractivity contribution is 0.0952. The van der Waals surface area contributed by atoms with Crippen LogP contribution in [0.3, 0.4) is 0 Å². The van der Waals surface area contributed by atoms with E-state index in [1.54, 1.807) is 11.3 Å². The molecule has 9 heteroatoms. The second-order valence-electron chi connectivity index (χ2n) is 6.30. The van der Waals surface area contributed by atoms with Crippen LogP contribution >= 0.6 is 54.5 Å². The Morgan fingerprint density at radius 3 is 2.67 bits per heavy atom. The van der Waals surface area contributed by atoms with E-state index < -0.39 is 0 Å². The van der Waals surface area contributed by atoms with Crippen LogP contribution in [0.5, 0.6) is 0 Å². The highest BCUT2D eigenvalue weighted by atomic mass is 79.9. The second-order valence-corrected chi connectivity index (χ2v) is 10.7. The monoisotopic (exact) mass is 528 g/mol. The van der Waals surface area contributed by atoms with Gasteiger partial charge in [0.05, 0.1) is 18.9 Å². The standard InChI is InChI=1S/C18H18Br2N4OS2/c19-12-1-2-13-15(11-12)27-18(22-13)24-9-7-23(8-10-24)6-5-21-17(25)14-3-4-16(20)26-14/h1-4,11H,5-10H2,(H,21,25). The molecule has 3 heterocycles. The molecule has 0 unspecified atom stereocenters. The second kappa shape index (κ2) is 8.57. The lowest BCUT2D eigenvalue weighted by Gasteiger charge is -2.34. The van der Waals surface area contributed by atoms with Crippen molar-refractivity contribution in [2.24, 2.45) is 0 Å². The van der Waals surface area contributed by atoms with Crippen molar-refractivity contribution in [3.63, 3.8) is 0 Å². The number of fused-ring (bicyclic) bond motifs is 1. The lowest BCUT2D eigenvalue weighted by Crippen LogP contribution is -2.48. The number of aromatic nitrogens is 1. The molecule has 0 bridgehead atoms. The average Bonchev–Trinajstić information content (AvgIpc) is 3.28. The molecule has 0 atom stereocenters. The number of halogens is 2. The van der Waals surface area contributed by atoms with Gasteiger partial charge in [-0.1, -0.05) is 27.3 Å². The number of benzene rings is 1. The Morgan fingerprint density at radius 2 is 1.93 bits per heavy atom. The van der Waals surface area contributed by atoms with E-state index in [9.17, 15) is 4.79 Å². The molecule has 0 spiro atoms. The van der Waals surface area contributed by atoms with Crippen molar-refractivity contribution in [2.45, 2.75) is 0 Å². The quantitative estimate of drug-likeness (QED) is 0.531. The van der Waals surface area contributed by atoms with Crippen molar-refractivity contribution in [3.05, 3.63) is 43.5 Å². The Kier molecular flexibility index (Phi) is 6.13. The van der Waals surface area contributed by atoms with Gasteiger partial charge in [0.2, 0.25) is 0 Å². The van der Waals surface area contributed by atoms with Gasteiger partial charge in [-0.3, -0.25) is 9.69 Å². The highest BCUT2D eigenvalue weighted by Crippen LogP contribution is 2.31. The van der Waals surface area contributed by atoms with Gasteiger partial charge in [-0.15, -0.1) is 11.3 Å². The summed E-state index contributed by atoms with van der Waals surface area (Å²) in [5.74, 6) is 0.00460. The number of thiophene rings is 1. The van der Waals surface area contributed by atoms with E-state index in [0.29, 0.717) is 6.54 Å². The van der Waals surface area contributed by atoms with Crippen molar-refractivity contribution in [2.75, 3.05) is 44.2 Å². The molecule has 5 nitrogen and oxygen atoms in total. The fourth-order valence-corrected chi connectivity index (χ4v) is 5.91. The Hall–Kier alpha value is -1.000. The van der Waals surface area contributed by atoms with Crippen LogP contribution in [0.2, 0.25) is 0 Å². The minimum atomic E-state index is 0.00460. The van der Waals surface area contributed by atoms with Gasteiger partial charge in [0.25, 0.3) is 5.91 Å². The van der Waals surface area contributed by atoms with Gasteiger partial charge < -0.3 is 10.2 Å². The zero-order chi connectivity index (χ0) is 18.8. The fourth-order valence-electron chi connectivity index (χ4n) is 3.04. The summed E-state index contributed by atoms with van der Waals surface area (Å²) in [6, 6.07) is 9.97. The van der Waals surface area contributed by atoms with E-state index in [0.717, 1.165) is 56.5 Å². The smallest absolute Gasteiger partial charge is 0.261 e. The summed E-state index contributed by atoms with van der Waals surface area (Å²) < 4.78 is 3.28. The summed E-state index contributed by atoms with van der Waals surface area (Å²) in [7, 11) is 0. The average molecular weight is 530 g/mol. The van der Waals surface area contributed by atoms with Crippen molar-refractivity contribution >= 4 is 75.8 Å². The van der Waals surface area contributed by atoms with Crippen LogP contribution < -0.4 is 10.2 Å². The molecule has 1 aromatic carbocycles. The molecule has 27 heavy (non-hydrogen) atoms. The lowest BCUT2D eigenvalue weighted by atomic mass is 10.3. The van der Waals surface area contributed by atoms with Gasteiger partial charge in [-0.25, -0.2) is 4.98 Å². The summed E-state index contributed by atoms with van der Waals surface area (Å²) in [6.07, 6.45) is 0. The van der Waals surface area contributed by atoms with Gasteiger partial charge in [0, 0.05) is 43.7 Å². The maximum absolute atomic E-state index is 12.1. The first kappa shape index (κ1) is 19.3. The van der Waals surface area contributed by atoms with Crippen LogP contribution in [0, 0.1) is 0 Å². The third kappa shape index (κ3) is 4.71. The summed E-state index contributed by atoms with van der Waals surface area (Å²) in [5, 5.41) is 4.10. The number of carbonyl (C=O) groups excluding carboxylic acids is 1. The van der Waals surface area contributed by atoms with E-state index in [2.05, 4.69) is 59.1 Å². The van der Waals surface area contributed by atoms with E-state index >= 15 is 0 Å². The van der Waals surface area contributed by atoms with E-state index in [4.69, 9.17) is 4.98 Å². The zero-order valence-corrected chi connectivity index (χ0v) is 19.3.